The number of ether oxygens (including phenoxy) is 1. The largest absolute Gasteiger partial charge is 0.497 e. The first-order valence-corrected chi connectivity index (χ1v) is 5.74. The molecule has 0 atom stereocenters. The Hall–Kier alpha value is -0.875. The quantitative estimate of drug-likeness (QED) is 0.703. The molecule has 0 bridgehead atoms. The van der Waals surface area contributed by atoms with Crippen LogP contribution in [0.5, 0.6) is 0 Å². The van der Waals surface area contributed by atoms with Gasteiger partial charge in [-0.25, -0.2) is 4.79 Å². The molecule has 0 fully saturated rings. The third-order valence-corrected chi connectivity index (χ3v) is 1.86. The minimum atomic E-state index is -5.02. The number of amides is 1. The average Bonchev–Trinajstić information content (AvgIpc) is 2.07. The van der Waals surface area contributed by atoms with Crippen molar-refractivity contribution < 1.29 is 22.5 Å². The third-order valence-electron chi connectivity index (χ3n) is 1.86. The second-order valence-corrected chi connectivity index (χ2v) is 4.99. The normalized spacial score (nSPS) is 12.4. The van der Waals surface area contributed by atoms with Crippen molar-refractivity contribution in [3.63, 3.8) is 0 Å². The Kier molecular flexibility index (Phi) is 5.85. The second kappa shape index (κ2) is 6.16. The van der Waals surface area contributed by atoms with Crippen molar-refractivity contribution >= 4 is 13.1 Å². The molecule has 102 valence electrons. The number of carbonyl (C=O) groups is 1. The molecule has 0 saturated carbocycles. The molecule has 0 aromatic carbocycles. The van der Waals surface area contributed by atoms with Crippen molar-refractivity contribution in [1.82, 2.24) is 4.90 Å². The Morgan fingerprint density at radius 1 is 1.29 bits per heavy atom. The Bertz CT molecular complexity index is 251. The van der Waals surface area contributed by atoms with Crippen LogP contribution in [0.25, 0.3) is 0 Å². The highest BCUT2D eigenvalue weighted by molar-refractivity contribution is 6.58. The zero-order chi connectivity index (χ0) is 13.7. The molecule has 3 nitrogen and oxygen atoms in total. The van der Waals surface area contributed by atoms with Crippen LogP contribution in [0.2, 0.25) is 0 Å². The summed E-state index contributed by atoms with van der Waals surface area (Å²) < 4.78 is 42.0. The van der Waals surface area contributed by atoms with E-state index in [1.165, 1.54) is 0 Å². The molecule has 0 aromatic rings. The summed E-state index contributed by atoms with van der Waals surface area (Å²) in [4.78, 5) is 12.3. The molecule has 1 amide bonds. The number of nitrogens with zero attached hydrogens (tertiary/aromatic N) is 1. The number of hydrogen-bond donors (Lipinski definition) is 0. The summed E-state index contributed by atoms with van der Waals surface area (Å²) in [6, 6.07) is 0. The predicted octanol–water partition coefficient (Wildman–Crippen LogP) is 3.41. The van der Waals surface area contributed by atoms with E-state index in [2.05, 4.69) is 0 Å². The van der Waals surface area contributed by atoms with E-state index in [-0.39, 0.29) is 6.54 Å². The van der Waals surface area contributed by atoms with E-state index in [4.69, 9.17) is 4.74 Å². The van der Waals surface area contributed by atoms with Gasteiger partial charge in [0.15, 0.2) is 0 Å². The summed E-state index contributed by atoms with van der Waals surface area (Å²) in [6.45, 7) is 1.79. The van der Waals surface area contributed by atoms with E-state index in [0.29, 0.717) is 6.42 Å². The van der Waals surface area contributed by atoms with E-state index >= 15 is 0 Å². The number of unbranched alkanes of at least 4 members (excludes halogenated alkanes) is 1. The molecule has 0 aromatic heterocycles. The van der Waals surface area contributed by atoms with Crippen molar-refractivity contribution in [2.75, 3.05) is 13.0 Å². The molecule has 0 aliphatic carbocycles. The van der Waals surface area contributed by atoms with Crippen LogP contribution in [-0.2, 0) is 4.74 Å². The number of carbonyl (C=O) groups excluding carboxylic acids is 1. The first kappa shape index (κ1) is 16.1. The summed E-state index contributed by atoms with van der Waals surface area (Å²) in [5.41, 5.74) is -0.778. The Morgan fingerprint density at radius 2 is 1.82 bits per heavy atom. The third kappa shape index (κ3) is 8.88. The summed E-state index contributed by atoms with van der Waals surface area (Å²) in [5.74, 6) is 0. The van der Waals surface area contributed by atoms with Crippen molar-refractivity contribution in [3.8, 4) is 0 Å². The Labute approximate surface area is 100 Å². The maximum absolute atomic E-state index is 12.3. The van der Waals surface area contributed by atoms with Gasteiger partial charge >= 0.3 is 13.1 Å². The lowest BCUT2D eigenvalue weighted by molar-refractivity contribution is 0.0263. The van der Waals surface area contributed by atoms with Crippen LogP contribution in [0.1, 0.15) is 40.5 Å². The van der Waals surface area contributed by atoms with Crippen LogP contribution < -0.4 is 0 Å². The number of hydrogen-bond acceptors (Lipinski definition) is 2. The van der Waals surface area contributed by atoms with Gasteiger partial charge in [0.25, 0.3) is 0 Å². The highest BCUT2D eigenvalue weighted by atomic mass is 19.4. The summed E-state index contributed by atoms with van der Waals surface area (Å²) in [5, 5.41) is 0. The Morgan fingerprint density at radius 3 is 2.18 bits per heavy atom. The molecule has 0 spiro atoms. The van der Waals surface area contributed by atoms with Gasteiger partial charge in [0.05, 0.1) is 0 Å². The zero-order valence-corrected chi connectivity index (χ0v) is 10.8. The Balaban J connectivity index is 4.51. The van der Waals surface area contributed by atoms with Crippen molar-refractivity contribution in [2.24, 2.45) is 0 Å². The molecular weight excluding hydrogens is 234 g/mol. The maximum Gasteiger partial charge on any atom is 0.497 e. The summed E-state index contributed by atoms with van der Waals surface area (Å²) in [6.07, 6.45) is -0.838. The van der Waals surface area contributed by atoms with E-state index in [0.717, 1.165) is 11.3 Å². The molecule has 0 rings (SSSR count). The van der Waals surface area contributed by atoms with Crippen LogP contribution in [-0.4, -0.2) is 36.6 Å². The number of halogens is 3. The highest BCUT2D eigenvalue weighted by Gasteiger charge is 2.31. The average molecular weight is 254 g/mol. The van der Waals surface area contributed by atoms with Crippen LogP contribution >= 0.6 is 0 Å². The van der Waals surface area contributed by atoms with Gasteiger partial charge < -0.3 is 22.6 Å². The SMILES string of the molecule is CCCCN(C[B-](F)(F)F)C(=O)OC(C)(C)C. The van der Waals surface area contributed by atoms with E-state index in [1.807, 2.05) is 6.92 Å². The first-order valence-electron chi connectivity index (χ1n) is 5.74. The zero-order valence-electron chi connectivity index (χ0n) is 10.8. The first-order chi connectivity index (χ1) is 7.55. The lowest BCUT2D eigenvalue weighted by atomic mass is 9.91. The molecule has 7 heteroatoms. The standard InChI is InChI=1S/C10H20BF3NO2/c1-5-6-7-15(8-11(12,13)14)9(16)17-10(2,3)4/h5-8H2,1-4H3/q-1. The molecule has 0 unspecified atom stereocenters. The monoisotopic (exact) mass is 254 g/mol. The molecule has 0 radical (unpaired) electrons. The molecule has 0 heterocycles. The van der Waals surface area contributed by atoms with Crippen LogP contribution in [0.4, 0.5) is 17.7 Å². The van der Waals surface area contributed by atoms with Crippen LogP contribution in [0.3, 0.4) is 0 Å². The van der Waals surface area contributed by atoms with Gasteiger partial charge in [-0.3, -0.25) is 0 Å². The molecule has 0 aliphatic heterocycles. The lowest BCUT2D eigenvalue weighted by Gasteiger charge is -2.30. The molecule has 17 heavy (non-hydrogen) atoms. The molecule has 0 N–H and O–H groups in total. The smallest absolute Gasteiger partial charge is 0.448 e. The maximum atomic E-state index is 12.3. The van der Waals surface area contributed by atoms with Gasteiger partial charge in [-0.2, -0.15) is 0 Å². The van der Waals surface area contributed by atoms with E-state index in [1.54, 1.807) is 20.8 Å². The van der Waals surface area contributed by atoms with E-state index < -0.39 is 25.1 Å². The minimum absolute atomic E-state index is 0.0761. The molecular formula is C10H20BF3NO2-. The molecule has 0 saturated heterocycles. The predicted molar refractivity (Wildman–Crippen MR) is 61.8 cm³/mol. The lowest BCUT2D eigenvalue weighted by Crippen LogP contribution is -2.44. The fourth-order valence-corrected chi connectivity index (χ4v) is 1.18. The van der Waals surface area contributed by atoms with Crippen molar-refractivity contribution in [1.29, 1.82) is 0 Å². The summed E-state index contributed by atoms with van der Waals surface area (Å²) in [7, 11) is 0. The van der Waals surface area contributed by atoms with Gasteiger partial charge in [0.2, 0.25) is 0 Å². The summed E-state index contributed by atoms with van der Waals surface area (Å²) >= 11 is 0. The van der Waals surface area contributed by atoms with Gasteiger partial charge in [-0.15, -0.1) is 0 Å². The minimum Gasteiger partial charge on any atom is -0.448 e. The van der Waals surface area contributed by atoms with Gasteiger partial charge in [0, 0.05) is 6.54 Å². The fourth-order valence-electron chi connectivity index (χ4n) is 1.18. The topological polar surface area (TPSA) is 29.5 Å². The second-order valence-electron chi connectivity index (χ2n) is 4.99. The van der Waals surface area contributed by atoms with Crippen molar-refractivity contribution in [2.45, 2.75) is 46.1 Å². The van der Waals surface area contributed by atoms with Gasteiger partial charge in [0.1, 0.15) is 5.60 Å². The fraction of sp³-hybridized carbons (Fsp3) is 0.900. The van der Waals surface area contributed by atoms with Crippen LogP contribution in [0.15, 0.2) is 0 Å². The van der Waals surface area contributed by atoms with E-state index in [9.17, 15) is 17.7 Å². The van der Waals surface area contributed by atoms with Crippen molar-refractivity contribution in [3.05, 3.63) is 0 Å². The van der Waals surface area contributed by atoms with Crippen LogP contribution in [0, 0.1) is 0 Å². The highest BCUT2D eigenvalue weighted by Crippen LogP contribution is 2.15. The molecule has 0 aliphatic rings. The number of rotatable bonds is 5. The van der Waals surface area contributed by atoms with Gasteiger partial charge in [-0.1, -0.05) is 13.3 Å². The van der Waals surface area contributed by atoms with Gasteiger partial charge in [-0.05, 0) is 33.6 Å².